The summed E-state index contributed by atoms with van der Waals surface area (Å²) in [6.07, 6.45) is 6.58. The van der Waals surface area contributed by atoms with Crippen LogP contribution in [0.5, 0.6) is 0 Å². The van der Waals surface area contributed by atoms with Gasteiger partial charge < -0.3 is 5.32 Å². The Labute approximate surface area is 132 Å². The summed E-state index contributed by atoms with van der Waals surface area (Å²) in [5, 5.41) is 9.12. The summed E-state index contributed by atoms with van der Waals surface area (Å²) in [5.74, 6) is 0.807. The molecule has 0 aliphatic heterocycles. The highest BCUT2D eigenvalue weighted by molar-refractivity contribution is 7.09. The molecule has 3 heterocycles. The average Bonchev–Trinajstić information content (AvgIpc) is 3.24. The van der Waals surface area contributed by atoms with Crippen LogP contribution in [-0.4, -0.2) is 20.7 Å². The monoisotopic (exact) mass is 312 g/mol. The van der Waals surface area contributed by atoms with Crippen molar-refractivity contribution in [2.45, 2.75) is 19.4 Å². The first-order valence-corrected chi connectivity index (χ1v) is 7.93. The molecule has 1 N–H and O–H groups in total. The SMILES string of the molecule is O=C(CCc1cccs1)NCc1ccnc(-n2cccn2)c1. The molecule has 0 aliphatic carbocycles. The number of nitrogens with zero attached hydrogens (tertiary/aromatic N) is 3. The molecule has 0 aliphatic rings. The van der Waals surface area contributed by atoms with E-state index in [0.717, 1.165) is 17.8 Å². The van der Waals surface area contributed by atoms with E-state index in [-0.39, 0.29) is 5.91 Å². The van der Waals surface area contributed by atoms with Crippen LogP contribution in [0, 0.1) is 0 Å². The maximum atomic E-state index is 11.9. The highest BCUT2D eigenvalue weighted by Gasteiger charge is 2.04. The molecule has 0 aromatic carbocycles. The fourth-order valence-corrected chi connectivity index (χ4v) is 2.79. The molecule has 5 nitrogen and oxygen atoms in total. The standard InChI is InChI=1S/C16H16N4OS/c21-16(5-4-14-3-1-10-22-14)18-12-13-6-8-17-15(11-13)20-9-2-7-19-20/h1-3,6-11H,4-5,12H2,(H,18,21). The van der Waals surface area contributed by atoms with Gasteiger partial charge in [0.2, 0.25) is 5.91 Å². The summed E-state index contributed by atoms with van der Waals surface area (Å²) < 4.78 is 1.70. The zero-order chi connectivity index (χ0) is 15.2. The van der Waals surface area contributed by atoms with Gasteiger partial charge in [-0.25, -0.2) is 9.67 Å². The minimum Gasteiger partial charge on any atom is -0.352 e. The third-order valence-electron chi connectivity index (χ3n) is 3.22. The van der Waals surface area contributed by atoms with Gasteiger partial charge in [0.15, 0.2) is 5.82 Å². The number of aromatic nitrogens is 3. The van der Waals surface area contributed by atoms with Gasteiger partial charge in [0, 0.05) is 36.4 Å². The molecule has 6 heteroatoms. The normalized spacial score (nSPS) is 10.5. The summed E-state index contributed by atoms with van der Waals surface area (Å²) in [7, 11) is 0. The van der Waals surface area contributed by atoms with E-state index in [4.69, 9.17) is 0 Å². The first-order valence-electron chi connectivity index (χ1n) is 7.05. The molecular weight excluding hydrogens is 296 g/mol. The minimum absolute atomic E-state index is 0.0610. The Kier molecular flexibility index (Phi) is 4.60. The van der Waals surface area contributed by atoms with Gasteiger partial charge in [-0.05, 0) is 41.6 Å². The van der Waals surface area contributed by atoms with Crippen LogP contribution in [0.1, 0.15) is 16.9 Å². The fourth-order valence-electron chi connectivity index (χ4n) is 2.08. The number of pyridine rings is 1. The first kappa shape index (κ1) is 14.5. The Morgan fingerprint density at radius 3 is 3.00 bits per heavy atom. The van der Waals surface area contributed by atoms with E-state index in [1.807, 2.05) is 35.8 Å². The van der Waals surface area contributed by atoms with Crippen LogP contribution >= 0.6 is 11.3 Å². The summed E-state index contributed by atoms with van der Waals surface area (Å²) in [6.45, 7) is 0.500. The number of nitrogens with one attached hydrogen (secondary N) is 1. The van der Waals surface area contributed by atoms with Gasteiger partial charge in [-0.3, -0.25) is 4.79 Å². The van der Waals surface area contributed by atoms with E-state index in [1.165, 1.54) is 4.88 Å². The molecule has 0 bridgehead atoms. The predicted molar refractivity (Wildman–Crippen MR) is 85.8 cm³/mol. The van der Waals surface area contributed by atoms with Crippen molar-refractivity contribution >= 4 is 17.2 Å². The second kappa shape index (κ2) is 7.00. The van der Waals surface area contributed by atoms with Crippen LogP contribution < -0.4 is 5.32 Å². The van der Waals surface area contributed by atoms with Crippen molar-refractivity contribution in [3.8, 4) is 5.82 Å². The van der Waals surface area contributed by atoms with E-state index >= 15 is 0 Å². The van der Waals surface area contributed by atoms with E-state index < -0.39 is 0 Å². The smallest absolute Gasteiger partial charge is 0.220 e. The first-order chi connectivity index (χ1) is 10.8. The molecule has 0 spiro atoms. The van der Waals surface area contributed by atoms with E-state index in [0.29, 0.717) is 13.0 Å². The van der Waals surface area contributed by atoms with Crippen molar-refractivity contribution in [2.24, 2.45) is 0 Å². The van der Waals surface area contributed by atoms with Crippen LogP contribution in [0.2, 0.25) is 0 Å². The Bertz CT molecular complexity index is 722. The van der Waals surface area contributed by atoms with Gasteiger partial charge in [0.1, 0.15) is 0 Å². The van der Waals surface area contributed by atoms with Crippen LogP contribution in [0.25, 0.3) is 5.82 Å². The second-order valence-electron chi connectivity index (χ2n) is 4.83. The number of carbonyl (C=O) groups excluding carboxylic acids is 1. The van der Waals surface area contributed by atoms with Gasteiger partial charge in [-0.2, -0.15) is 5.10 Å². The molecule has 0 fully saturated rings. The Morgan fingerprint density at radius 1 is 1.27 bits per heavy atom. The highest BCUT2D eigenvalue weighted by Crippen LogP contribution is 2.11. The number of rotatable bonds is 6. The van der Waals surface area contributed by atoms with Gasteiger partial charge >= 0.3 is 0 Å². The number of amides is 1. The fraction of sp³-hybridized carbons (Fsp3) is 0.188. The van der Waals surface area contributed by atoms with Crippen LogP contribution in [0.3, 0.4) is 0 Å². The summed E-state index contributed by atoms with van der Waals surface area (Å²) in [6, 6.07) is 9.72. The molecule has 22 heavy (non-hydrogen) atoms. The third-order valence-corrected chi connectivity index (χ3v) is 4.15. The molecule has 0 atom stereocenters. The molecule has 3 aromatic rings. The molecule has 112 valence electrons. The highest BCUT2D eigenvalue weighted by atomic mass is 32.1. The van der Waals surface area contributed by atoms with Gasteiger partial charge in [-0.1, -0.05) is 6.07 Å². The maximum absolute atomic E-state index is 11.9. The largest absolute Gasteiger partial charge is 0.352 e. The molecule has 1 amide bonds. The number of carbonyl (C=O) groups is 1. The quantitative estimate of drug-likeness (QED) is 0.761. The van der Waals surface area contributed by atoms with Crippen LogP contribution in [-0.2, 0) is 17.8 Å². The lowest BCUT2D eigenvalue weighted by Crippen LogP contribution is -2.23. The lowest BCUT2D eigenvalue weighted by molar-refractivity contribution is -0.121. The van der Waals surface area contributed by atoms with Crippen molar-refractivity contribution in [3.63, 3.8) is 0 Å². The van der Waals surface area contributed by atoms with Crippen molar-refractivity contribution < 1.29 is 4.79 Å². The van der Waals surface area contributed by atoms with Crippen molar-refractivity contribution in [1.29, 1.82) is 0 Å². The lowest BCUT2D eigenvalue weighted by Gasteiger charge is -2.06. The maximum Gasteiger partial charge on any atom is 0.220 e. The number of hydrogen-bond donors (Lipinski definition) is 1. The molecular formula is C16H16N4OS. The topological polar surface area (TPSA) is 59.8 Å². The molecule has 0 saturated heterocycles. The van der Waals surface area contributed by atoms with Crippen molar-refractivity contribution in [2.75, 3.05) is 0 Å². The van der Waals surface area contributed by atoms with Crippen LogP contribution in [0.15, 0.2) is 54.3 Å². The van der Waals surface area contributed by atoms with E-state index in [1.54, 1.807) is 28.4 Å². The molecule has 0 radical (unpaired) electrons. The summed E-state index contributed by atoms with van der Waals surface area (Å²) >= 11 is 1.68. The predicted octanol–water partition coefficient (Wildman–Crippen LogP) is 2.58. The zero-order valence-corrected chi connectivity index (χ0v) is 12.8. The molecule has 0 saturated carbocycles. The Morgan fingerprint density at radius 2 is 2.23 bits per heavy atom. The second-order valence-corrected chi connectivity index (χ2v) is 5.86. The zero-order valence-electron chi connectivity index (χ0n) is 12.0. The lowest BCUT2D eigenvalue weighted by atomic mass is 10.2. The number of aryl methyl sites for hydroxylation is 1. The van der Waals surface area contributed by atoms with Gasteiger partial charge in [0.25, 0.3) is 0 Å². The van der Waals surface area contributed by atoms with Crippen molar-refractivity contribution in [1.82, 2.24) is 20.1 Å². The van der Waals surface area contributed by atoms with Crippen molar-refractivity contribution in [3.05, 3.63) is 64.7 Å². The van der Waals surface area contributed by atoms with Gasteiger partial charge in [-0.15, -0.1) is 11.3 Å². The van der Waals surface area contributed by atoms with E-state index in [9.17, 15) is 4.79 Å². The molecule has 0 unspecified atom stereocenters. The van der Waals surface area contributed by atoms with E-state index in [2.05, 4.69) is 21.5 Å². The summed E-state index contributed by atoms with van der Waals surface area (Å²) in [4.78, 5) is 17.4. The number of thiophene rings is 1. The minimum atomic E-state index is 0.0610. The average molecular weight is 312 g/mol. The molecule has 3 aromatic heterocycles. The Balaban J connectivity index is 1.53. The van der Waals surface area contributed by atoms with Gasteiger partial charge in [0.05, 0.1) is 0 Å². The summed E-state index contributed by atoms with van der Waals surface area (Å²) in [5.41, 5.74) is 1.00. The Hall–Kier alpha value is -2.47. The molecule has 3 rings (SSSR count). The third kappa shape index (κ3) is 3.79. The van der Waals surface area contributed by atoms with Crippen LogP contribution in [0.4, 0.5) is 0 Å². The number of hydrogen-bond acceptors (Lipinski definition) is 4.